The maximum Gasteiger partial charge on any atom is 0.211 e. The lowest BCUT2D eigenvalue weighted by atomic mass is 10.1. The van der Waals surface area contributed by atoms with Crippen molar-refractivity contribution in [3.63, 3.8) is 0 Å². The molecule has 0 spiro atoms. The van der Waals surface area contributed by atoms with E-state index in [0.717, 1.165) is 5.56 Å². The SMILES string of the molecule is CCCS(=O)(=O)NC[C@H](O)Cc1ccccc1. The minimum absolute atomic E-state index is 0.0667. The zero-order valence-corrected chi connectivity index (χ0v) is 10.8. The molecule has 1 aromatic carbocycles. The van der Waals surface area contributed by atoms with Crippen LogP contribution in [0, 0.1) is 0 Å². The van der Waals surface area contributed by atoms with Gasteiger partial charge in [0.05, 0.1) is 11.9 Å². The standard InChI is InChI=1S/C12H19NO3S/c1-2-8-17(15,16)13-10-12(14)9-11-6-4-3-5-7-11/h3-7,12-14H,2,8-10H2,1H3/t12-/m1/s1. The number of sulfonamides is 1. The molecular weight excluding hydrogens is 238 g/mol. The monoisotopic (exact) mass is 257 g/mol. The molecule has 0 saturated heterocycles. The highest BCUT2D eigenvalue weighted by molar-refractivity contribution is 7.89. The van der Waals surface area contributed by atoms with Crippen LogP contribution in [0.2, 0.25) is 0 Å². The Bertz CT molecular complexity index is 417. The Morgan fingerprint density at radius 1 is 1.29 bits per heavy atom. The second-order valence-corrected chi connectivity index (χ2v) is 5.94. The van der Waals surface area contributed by atoms with Gasteiger partial charge < -0.3 is 5.11 Å². The molecule has 2 N–H and O–H groups in total. The number of benzene rings is 1. The van der Waals surface area contributed by atoms with Gasteiger partial charge in [0, 0.05) is 6.54 Å². The van der Waals surface area contributed by atoms with Gasteiger partial charge in [0.15, 0.2) is 0 Å². The molecule has 1 atom stereocenters. The Balaban J connectivity index is 2.38. The van der Waals surface area contributed by atoms with Crippen molar-refractivity contribution in [2.75, 3.05) is 12.3 Å². The van der Waals surface area contributed by atoms with Crippen LogP contribution in [-0.2, 0) is 16.4 Å². The summed E-state index contributed by atoms with van der Waals surface area (Å²) in [5.41, 5.74) is 0.995. The summed E-state index contributed by atoms with van der Waals surface area (Å²) in [6.45, 7) is 1.87. The van der Waals surface area contributed by atoms with Crippen molar-refractivity contribution in [1.82, 2.24) is 4.72 Å². The normalized spacial score (nSPS) is 13.5. The molecule has 5 heteroatoms. The highest BCUT2D eigenvalue weighted by atomic mass is 32.2. The number of rotatable bonds is 7. The molecule has 96 valence electrons. The summed E-state index contributed by atoms with van der Waals surface area (Å²) in [4.78, 5) is 0. The van der Waals surface area contributed by atoms with Crippen LogP contribution < -0.4 is 4.72 Å². The van der Waals surface area contributed by atoms with Gasteiger partial charge in [0.25, 0.3) is 0 Å². The second kappa shape index (κ2) is 6.74. The number of aliphatic hydroxyl groups is 1. The van der Waals surface area contributed by atoms with Gasteiger partial charge in [-0.25, -0.2) is 13.1 Å². The topological polar surface area (TPSA) is 66.4 Å². The summed E-state index contributed by atoms with van der Waals surface area (Å²) in [7, 11) is -3.23. The summed E-state index contributed by atoms with van der Waals surface area (Å²) in [6, 6.07) is 9.50. The van der Waals surface area contributed by atoms with Crippen LogP contribution in [0.4, 0.5) is 0 Å². The highest BCUT2D eigenvalue weighted by Crippen LogP contribution is 2.02. The van der Waals surface area contributed by atoms with E-state index < -0.39 is 16.1 Å². The number of hydrogen-bond donors (Lipinski definition) is 2. The number of aliphatic hydroxyl groups excluding tert-OH is 1. The van der Waals surface area contributed by atoms with Gasteiger partial charge in [-0.05, 0) is 18.4 Å². The van der Waals surface area contributed by atoms with Crippen LogP contribution in [0.1, 0.15) is 18.9 Å². The zero-order valence-electron chi connectivity index (χ0n) is 9.96. The Kier molecular flexibility index (Phi) is 5.61. The first-order valence-corrected chi connectivity index (χ1v) is 7.38. The van der Waals surface area contributed by atoms with Gasteiger partial charge in [0.1, 0.15) is 0 Å². The molecule has 0 heterocycles. The molecular formula is C12H19NO3S. The minimum atomic E-state index is -3.23. The van der Waals surface area contributed by atoms with Crippen LogP contribution >= 0.6 is 0 Å². The maximum absolute atomic E-state index is 11.4. The summed E-state index contributed by atoms with van der Waals surface area (Å²) >= 11 is 0. The molecule has 0 aromatic heterocycles. The van der Waals surface area contributed by atoms with Crippen LogP contribution in [0.25, 0.3) is 0 Å². The third-order valence-electron chi connectivity index (χ3n) is 2.33. The first kappa shape index (κ1) is 14.2. The van der Waals surface area contributed by atoms with Crippen LogP contribution in [0.5, 0.6) is 0 Å². The molecule has 17 heavy (non-hydrogen) atoms. The van der Waals surface area contributed by atoms with Crippen molar-refractivity contribution < 1.29 is 13.5 Å². The molecule has 0 amide bonds. The Hall–Kier alpha value is -0.910. The number of hydrogen-bond acceptors (Lipinski definition) is 3. The van der Waals surface area contributed by atoms with Gasteiger partial charge >= 0.3 is 0 Å². The van der Waals surface area contributed by atoms with Crippen LogP contribution in [0.15, 0.2) is 30.3 Å². The molecule has 0 radical (unpaired) electrons. The number of nitrogens with one attached hydrogen (secondary N) is 1. The van der Waals surface area contributed by atoms with Crippen molar-refractivity contribution >= 4 is 10.0 Å². The van der Waals surface area contributed by atoms with E-state index in [-0.39, 0.29) is 12.3 Å². The van der Waals surface area contributed by atoms with Crippen molar-refractivity contribution in [3.05, 3.63) is 35.9 Å². The van der Waals surface area contributed by atoms with E-state index in [0.29, 0.717) is 12.8 Å². The minimum Gasteiger partial charge on any atom is -0.391 e. The van der Waals surface area contributed by atoms with E-state index in [1.165, 1.54) is 0 Å². The van der Waals surface area contributed by atoms with Crippen molar-refractivity contribution in [2.45, 2.75) is 25.9 Å². The summed E-state index contributed by atoms with van der Waals surface area (Å²) in [6.07, 6.45) is 0.337. The molecule has 0 unspecified atom stereocenters. The fourth-order valence-electron chi connectivity index (χ4n) is 1.52. The average Bonchev–Trinajstić information content (AvgIpc) is 2.28. The third kappa shape index (κ3) is 5.81. The quantitative estimate of drug-likeness (QED) is 0.763. The molecule has 0 fully saturated rings. The van der Waals surface area contributed by atoms with Crippen LogP contribution in [0.3, 0.4) is 0 Å². The van der Waals surface area contributed by atoms with Crippen molar-refractivity contribution in [3.8, 4) is 0 Å². The van der Waals surface area contributed by atoms with Crippen LogP contribution in [-0.4, -0.2) is 31.9 Å². The van der Waals surface area contributed by atoms with E-state index in [1.54, 1.807) is 6.92 Å². The summed E-state index contributed by atoms with van der Waals surface area (Å²) < 4.78 is 25.1. The van der Waals surface area contributed by atoms with Gasteiger partial charge in [-0.15, -0.1) is 0 Å². The smallest absolute Gasteiger partial charge is 0.211 e. The maximum atomic E-state index is 11.4. The third-order valence-corrected chi connectivity index (χ3v) is 3.88. The average molecular weight is 257 g/mol. The van der Waals surface area contributed by atoms with Crippen molar-refractivity contribution in [2.24, 2.45) is 0 Å². The Morgan fingerprint density at radius 3 is 2.53 bits per heavy atom. The van der Waals surface area contributed by atoms with E-state index in [9.17, 15) is 13.5 Å². The van der Waals surface area contributed by atoms with E-state index >= 15 is 0 Å². The lowest BCUT2D eigenvalue weighted by molar-refractivity contribution is 0.179. The first-order valence-electron chi connectivity index (χ1n) is 5.73. The van der Waals surface area contributed by atoms with Gasteiger partial charge in [-0.2, -0.15) is 0 Å². The molecule has 1 aromatic rings. The lowest BCUT2D eigenvalue weighted by Crippen LogP contribution is -2.34. The van der Waals surface area contributed by atoms with E-state index in [1.807, 2.05) is 30.3 Å². The van der Waals surface area contributed by atoms with Gasteiger partial charge in [-0.1, -0.05) is 37.3 Å². The fraction of sp³-hybridized carbons (Fsp3) is 0.500. The predicted molar refractivity (Wildman–Crippen MR) is 68.2 cm³/mol. The molecule has 0 bridgehead atoms. The van der Waals surface area contributed by atoms with Gasteiger partial charge in [-0.3, -0.25) is 0 Å². The lowest BCUT2D eigenvalue weighted by Gasteiger charge is -2.12. The first-order chi connectivity index (χ1) is 8.03. The van der Waals surface area contributed by atoms with E-state index in [4.69, 9.17) is 0 Å². The molecule has 4 nitrogen and oxygen atoms in total. The Morgan fingerprint density at radius 2 is 1.94 bits per heavy atom. The van der Waals surface area contributed by atoms with E-state index in [2.05, 4.69) is 4.72 Å². The molecule has 0 aliphatic heterocycles. The molecule has 1 rings (SSSR count). The fourth-order valence-corrected chi connectivity index (χ4v) is 2.65. The summed E-state index contributed by atoms with van der Waals surface area (Å²) in [5, 5.41) is 9.71. The van der Waals surface area contributed by atoms with Gasteiger partial charge in [0.2, 0.25) is 10.0 Å². The van der Waals surface area contributed by atoms with Crippen molar-refractivity contribution in [1.29, 1.82) is 0 Å². The zero-order chi connectivity index (χ0) is 12.7. The summed E-state index contributed by atoms with van der Waals surface area (Å²) in [5.74, 6) is 0.102. The molecule has 0 aliphatic carbocycles. The highest BCUT2D eigenvalue weighted by Gasteiger charge is 2.12. The predicted octanol–water partition coefficient (Wildman–Crippen LogP) is 0.919. The molecule has 0 aliphatic rings. The Labute approximate surface area is 103 Å². The second-order valence-electron chi connectivity index (χ2n) is 4.01. The largest absolute Gasteiger partial charge is 0.391 e. The molecule has 0 saturated carbocycles.